The van der Waals surface area contributed by atoms with E-state index in [0.29, 0.717) is 0 Å². The number of hydrogen-bond acceptors (Lipinski definition) is 15. The second-order valence-corrected chi connectivity index (χ2v) is 4.23. The number of aliphatic carboxylic acids is 6. The molecule has 3 atom stereocenters. The van der Waals surface area contributed by atoms with Crippen molar-refractivity contribution in [3.05, 3.63) is 0 Å². The minimum Gasteiger partial charge on any atom is -0.550 e. The number of rotatable bonds is 9. The Hall–Kier alpha value is -1.66. The first kappa shape index (κ1) is 38.0. The van der Waals surface area contributed by atoms with E-state index >= 15 is 0 Å². The summed E-state index contributed by atoms with van der Waals surface area (Å²) in [5.74, 6) is -10.3. The molecule has 4 radical (unpaired) electrons. The predicted octanol–water partition coefficient (Wildman–Crippen LogP) is -12.1. The van der Waals surface area contributed by atoms with Crippen LogP contribution < -0.4 is 30.6 Å². The van der Waals surface area contributed by atoms with E-state index in [1.165, 1.54) is 0 Å². The van der Waals surface area contributed by atoms with Crippen LogP contribution in [0.3, 0.4) is 0 Å². The van der Waals surface area contributed by atoms with Crippen LogP contribution in [0.5, 0.6) is 0 Å². The maximum atomic E-state index is 9.58. The van der Waals surface area contributed by atoms with Crippen LogP contribution in [0.2, 0.25) is 0 Å². The first-order valence-electron chi connectivity index (χ1n) is 6.38. The van der Waals surface area contributed by atoms with E-state index in [-0.39, 0.29) is 48.9 Å². The summed E-state index contributed by atoms with van der Waals surface area (Å²) in [4.78, 5) is 57.4. The van der Waals surface area contributed by atoms with Crippen LogP contribution in [0.4, 0.5) is 0 Å². The molecule has 0 spiro atoms. The molecule has 0 fully saturated rings. The van der Waals surface area contributed by atoms with Gasteiger partial charge in [-0.15, -0.1) is 0 Å². The van der Waals surface area contributed by atoms with Crippen LogP contribution in [0, 0.1) is 0 Å². The molecule has 0 amide bonds. The van der Waals surface area contributed by atoms with Crippen LogP contribution >= 0.6 is 0 Å². The molecule has 0 saturated heterocycles. The van der Waals surface area contributed by atoms with Gasteiger partial charge >= 0.3 is 48.9 Å². The van der Waals surface area contributed by atoms with Crippen LogP contribution in [-0.4, -0.2) is 118 Å². The van der Waals surface area contributed by atoms with Gasteiger partial charge in [-0.1, -0.05) is 0 Å². The molecule has 0 bridgehead atoms. The number of aliphatic hydroxyl groups excluding tert-OH is 3. The molecule has 29 heavy (non-hydrogen) atoms. The van der Waals surface area contributed by atoms with Gasteiger partial charge in [-0.25, -0.2) is 0 Å². The minimum atomic E-state index is -1.96. The topological polar surface area (TPSA) is 301 Å². The average molecular weight is 640 g/mol. The average Bonchev–Trinajstić information content (AvgIpc) is 2.46. The van der Waals surface area contributed by atoms with Crippen molar-refractivity contribution in [3.8, 4) is 0 Å². The Labute approximate surface area is 196 Å². The second kappa shape index (κ2) is 21.1. The first-order valence-corrected chi connectivity index (χ1v) is 6.38. The fraction of sp³-hybridized carbons (Fsp3) is 0.500. The zero-order chi connectivity index (χ0) is 22.3. The van der Waals surface area contributed by atoms with Gasteiger partial charge < -0.3 is 74.7 Å². The van der Waals surface area contributed by atoms with Gasteiger partial charge in [0.15, 0.2) is 0 Å². The molecular formula is C12H12O15Sb2. The molecule has 0 aromatic rings. The smallest absolute Gasteiger partial charge is 0.550 e. The Morgan fingerprint density at radius 2 is 0.621 bits per heavy atom. The van der Waals surface area contributed by atoms with Crippen molar-refractivity contribution in [2.24, 2.45) is 0 Å². The molecule has 17 heteroatoms. The molecule has 3 N–H and O–H groups in total. The van der Waals surface area contributed by atoms with Crippen molar-refractivity contribution in [1.29, 1.82) is 0 Å². The second-order valence-electron chi connectivity index (χ2n) is 4.23. The van der Waals surface area contributed by atoms with E-state index in [2.05, 4.69) is 0 Å². The van der Waals surface area contributed by atoms with Crippen LogP contribution in [0.25, 0.3) is 0 Å². The third-order valence-corrected chi connectivity index (χ3v) is 1.90. The first-order chi connectivity index (χ1) is 12.1. The Morgan fingerprint density at radius 3 is 0.655 bits per heavy atom. The van der Waals surface area contributed by atoms with E-state index < -0.39 is 73.4 Å². The maximum Gasteiger partial charge on any atom is 3.00 e. The molecule has 0 aromatic heterocycles. The van der Waals surface area contributed by atoms with E-state index in [1.807, 2.05) is 0 Å². The zero-order valence-electron chi connectivity index (χ0n) is 14.0. The van der Waals surface area contributed by atoms with Crippen molar-refractivity contribution in [2.75, 3.05) is 0 Å². The third-order valence-electron chi connectivity index (χ3n) is 1.90. The predicted molar refractivity (Wildman–Crippen MR) is 73.4 cm³/mol. The van der Waals surface area contributed by atoms with Gasteiger partial charge in [0, 0.05) is 37.2 Å². The van der Waals surface area contributed by atoms with E-state index in [9.17, 15) is 59.4 Å². The van der Waals surface area contributed by atoms with Crippen molar-refractivity contribution >= 4 is 84.7 Å². The summed E-state index contributed by atoms with van der Waals surface area (Å²) in [6.45, 7) is 0. The maximum absolute atomic E-state index is 9.58. The molecule has 0 rings (SSSR count). The van der Waals surface area contributed by atoms with Crippen molar-refractivity contribution in [2.45, 2.75) is 37.6 Å². The molecule has 0 aliphatic carbocycles. The van der Waals surface area contributed by atoms with E-state index in [4.69, 9.17) is 15.3 Å². The van der Waals surface area contributed by atoms with Gasteiger partial charge in [-0.3, -0.25) is 0 Å². The van der Waals surface area contributed by atoms with Crippen LogP contribution in [0.15, 0.2) is 0 Å². The summed E-state index contributed by atoms with van der Waals surface area (Å²) in [5, 5.41) is 82.0. The van der Waals surface area contributed by atoms with E-state index in [0.717, 1.165) is 0 Å². The fourth-order valence-electron chi connectivity index (χ4n) is 0.724. The summed E-state index contributed by atoms with van der Waals surface area (Å²) in [5.41, 5.74) is 0. The van der Waals surface area contributed by atoms with Gasteiger partial charge in [0.25, 0.3) is 0 Å². The molecule has 0 aromatic carbocycles. The van der Waals surface area contributed by atoms with Gasteiger partial charge in [0.2, 0.25) is 0 Å². The normalized spacial score (nSPS) is 11.7. The van der Waals surface area contributed by atoms with Gasteiger partial charge in [-0.05, 0) is 0 Å². The SMILES string of the molecule is O=C([O-])CC(O)C(=O)[O-].O=C([O-])CC(O)C(=O)[O-].O=C([O-])CC(O)C(=O)[O-].[Sb+3].[Sb+3]. The number of hydrogen-bond donors (Lipinski definition) is 3. The molecule has 0 aliphatic rings. The fourth-order valence-corrected chi connectivity index (χ4v) is 0.724. The number of carboxylic acids is 6. The van der Waals surface area contributed by atoms with Crippen LogP contribution in [-0.2, 0) is 28.8 Å². The number of carbonyl (C=O) groups is 6. The standard InChI is InChI=1S/3C4H6O5.2Sb/c3*5-2(4(8)9)1-3(6)7;;/h3*2,5H,1H2,(H,6,7)(H,8,9);;/q;;;2*+3/p-6. The van der Waals surface area contributed by atoms with Crippen molar-refractivity contribution < 1.29 is 74.7 Å². The summed E-state index contributed by atoms with van der Waals surface area (Å²) < 4.78 is 0. The minimum absolute atomic E-state index is 0. The third kappa shape index (κ3) is 31.3. The van der Waals surface area contributed by atoms with E-state index in [1.54, 1.807) is 0 Å². The zero-order valence-corrected chi connectivity index (χ0v) is 19.1. The Kier molecular flexibility index (Phi) is 27.6. The molecular weight excluding hydrogens is 628 g/mol. The summed E-state index contributed by atoms with van der Waals surface area (Å²) in [6.07, 6.45) is -8.67. The molecule has 0 saturated carbocycles. The monoisotopic (exact) mass is 638 g/mol. The Morgan fingerprint density at radius 1 is 0.483 bits per heavy atom. The molecule has 3 unspecified atom stereocenters. The van der Waals surface area contributed by atoms with Gasteiger partial charge in [-0.2, -0.15) is 0 Å². The molecule has 0 heterocycles. The number of aliphatic hydroxyl groups is 3. The Balaban J connectivity index is -0.0000000960. The Bertz CT molecular complexity index is 473. The number of carboxylic acid groups (broad SMARTS) is 6. The number of carbonyl (C=O) groups excluding carboxylic acids is 6. The van der Waals surface area contributed by atoms with Crippen molar-refractivity contribution in [3.63, 3.8) is 0 Å². The quantitative estimate of drug-likeness (QED) is 0.197. The molecule has 0 aliphatic heterocycles. The molecule has 15 nitrogen and oxygen atoms in total. The summed E-state index contributed by atoms with van der Waals surface area (Å²) in [6, 6.07) is 0. The summed E-state index contributed by atoms with van der Waals surface area (Å²) >= 11 is 0. The van der Waals surface area contributed by atoms with Gasteiger partial charge in [0.05, 0.1) is 36.2 Å². The summed E-state index contributed by atoms with van der Waals surface area (Å²) in [7, 11) is 0. The van der Waals surface area contributed by atoms with Crippen molar-refractivity contribution in [1.82, 2.24) is 0 Å². The largest absolute Gasteiger partial charge is 3.00 e. The molecule has 160 valence electrons. The van der Waals surface area contributed by atoms with Crippen LogP contribution in [0.1, 0.15) is 19.3 Å². The van der Waals surface area contributed by atoms with Gasteiger partial charge in [0.1, 0.15) is 0 Å².